The predicted octanol–water partition coefficient (Wildman–Crippen LogP) is 4.24. The minimum absolute atomic E-state index is 0.0464. The van der Waals surface area contributed by atoms with E-state index in [-0.39, 0.29) is 24.2 Å². The van der Waals surface area contributed by atoms with Crippen molar-refractivity contribution in [2.75, 3.05) is 34.8 Å². The van der Waals surface area contributed by atoms with Crippen molar-refractivity contribution in [3.63, 3.8) is 0 Å². The highest BCUT2D eigenvalue weighted by molar-refractivity contribution is 6.31. The summed E-state index contributed by atoms with van der Waals surface area (Å²) >= 11 is 6.09. The first-order chi connectivity index (χ1) is 13.5. The van der Waals surface area contributed by atoms with Gasteiger partial charge in [0.2, 0.25) is 11.8 Å². The van der Waals surface area contributed by atoms with Gasteiger partial charge in [0.05, 0.1) is 5.92 Å². The summed E-state index contributed by atoms with van der Waals surface area (Å²) in [6, 6.07) is 13.4. The molecule has 146 valence electrons. The van der Waals surface area contributed by atoms with Crippen LogP contribution in [0.15, 0.2) is 42.5 Å². The molecule has 2 aromatic rings. The minimum atomic E-state index is -0.371. The van der Waals surface area contributed by atoms with Gasteiger partial charge in [0, 0.05) is 48.1 Å². The van der Waals surface area contributed by atoms with Gasteiger partial charge in [-0.3, -0.25) is 9.59 Å². The number of amides is 2. The van der Waals surface area contributed by atoms with E-state index in [1.54, 1.807) is 17.0 Å². The maximum Gasteiger partial charge on any atom is 0.229 e. The van der Waals surface area contributed by atoms with Crippen LogP contribution in [0.1, 0.15) is 24.8 Å². The van der Waals surface area contributed by atoms with Crippen LogP contribution in [-0.4, -0.2) is 31.4 Å². The molecule has 28 heavy (non-hydrogen) atoms. The van der Waals surface area contributed by atoms with E-state index in [1.165, 1.54) is 18.5 Å². The van der Waals surface area contributed by atoms with Gasteiger partial charge in [0.15, 0.2) is 0 Å². The highest BCUT2D eigenvalue weighted by Gasteiger charge is 2.35. The van der Waals surface area contributed by atoms with Crippen molar-refractivity contribution < 1.29 is 9.59 Å². The Balaban J connectivity index is 1.41. The standard InChI is InChI=1S/C22H24ClN3O2/c1-15-4-5-17(23)13-20(15)26-14-16(12-21(26)27)22(28)24-18-6-8-19(9-7-18)25-10-2-3-11-25/h4-9,13,16H,2-3,10-12,14H2,1H3,(H,24,28). The first-order valence-corrected chi connectivity index (χ1v) is 10.1. The smallest absolute Gasteiger partial charge is 0.229 e. The van der Waals surface area contributed by atoms with Gasteiger partial charge in [-0.1, -0.05) is 17.7 Å². The maximum atomic E-state index is 12.7. The van der Waals surface area contributed by atoms with Crippen LogP contribution in [0.25, 0.3) is 0 Å². The molecule has 1 atom stereocenters. The Morgan fingerprint density at radius 1 is 1.11 bits per heavy atom. The molecule has 1 N–H and O–H groups in total. The molecule has 2 heterocycles. The summed E-state index contributed by atoms with van der Waals surface area (Å²) in [5.41, 5.74) is 3.70. The number of hydrogen-bond acceptors (Lipinski definition) is 3. The Morgan fingerprint density at radius 3 is 2.54 bits per heavy atom. The molecular weight excluding hydrogens is 374 g/mol. The monoisotopic (exact) mass is 397 g/mol. The van der Waals surface area contributed by atoms with E-state index in [0.717, 1.165) is 30.0 Å². The first kappa shape index (κ1) is 18.8. The average Bonchev–Trinajstić information content (AvgIpc) is 3.34. The van der Waals surface area contributed by atoms with Crippen molar-refractivity contribution in [2.45, 2.75) is 26.2 Å². The summed E-state index contributed by atoms with van der Waals surface area (Å²) in [6.45, 7) is 4.50. The lowest BCUT2D eigenvalue weighted by molar-refractivity contribution is -0.122. The van der Waals surface area contributed by atoms with Crippen molar-refractivity contribution >= 4 is 40.5 Å². The van der Waals surface area contributed by atoms with Crippen LogP contribution >= 0.6 is 11.6 Å². The van der Waals surface area contributed by atoms with Gasteiger partial charge in [-0.2, -0.15) is 0 Å². The van der Waals surface area contributed by atoms with Crippen LogP contribution < -0.4 is 15.1 Å². The molecule has 2 amide bonds. The third-order valence-corrected chi connectivity index (χ3v) is 5.80. The maximum absolute atomic E-state index is 12.7. The largest absolute Gasteiger partial charge is 0.372 e. The molecule has 1 unspecified atom stereocenters. The molecule has 0 spiro atoms. The van der Waals surface area contributed by atoms with Gasteiger partial charge in [0.1, 0.15) is 0 Å². The number of hydrogen-bond donors (Lipinski definition) is 1. The fraction of sp³-hybridized carbons (Fsp3) is 0.364. The predicted molar refractivity (Wildman–Crippen MR) is 113 cm³/mol. The van der Waals surface area contributed by atoms with E-state index in [9.17, 15) is 9.59 Å². The zero-order chi connectivity index (χ0) is 19.7. The van der Waals surface area contributed by atoms with Gasteiger partial charge < -0.3 is 15.1 Å². The summed E-state index contributed by atoms with van der Waals surface area (Å²) < 4.78 is 0. The molecule has 0 bridgehead atoms. The zero-order valence-corrected chi connectivity index (χ0v) is 16.7. The lowest BCUT2D eigenvalue weighted by Crippen LogP contribution is -2.28. The van der Waals surface area contributed by atoms with Gasteiger partial charge in [0.25, 0.3) is 0 Å². The molecule has 2 aromatic carbocycles. The minimum Gasteiger partial charge on any atom is -0.372 e. The number of carbonyl (C=O) groups is 2. The summed E-state index contributed by atoms with van der Waals surface area (Å²) in [5.74, 6) is -0.538. The summed E-state index contributed by atoms with van der Waals surface area (Å²) in [5, 5.41) is 3.54. The van der Waals surface area contributed by atoms with Crippen molar-refractivity contribution in [1.82, 2.24) is 0 Å². The zero-order valence-electron chi connectivity index (χ0n) is 16.0. The Bertz CT molecular complexity index is 891. The molecule has 2 saturated heterocycles. The second kappa shape index (κ2) is 7.84. The van der Waals surface area contributed by atoms with Gasteiger partial charge >= 0.3 is 0 Å². The quantitative estimate of drug-likeness (QED) is 0.839. The van der Waals surface area contributed by atoms with Crippen molar-refractivity contribution in [3.05, 3.63) is 53.1 Å². The molecule has 4 rings (SSSR count). The number of anilines is 3. The van der Waals surface area contributed by atoms with Gasteiger partial charge in [-0.25, -0.2) is 0 Å². The fourth-order valence-electron chi connectivity index (χ4n) is 3.96. The van der Waals surface area contributed by atoms with Crippen LogP contribution in [0.3, 0.4) is 0 Å². The number of nitrogens with zero attached hydrogens (tertiary/aromatic N) is 2. The highest BCUT2D eigenvalue weighted by Crippen LogP contribution is 2.31. The number of nitrogens with one attached hydrogen (secondary N) is 1. The molecule has 0 aliphatic carbocycles. The van der Waals surface area contributed by atoms with Crippen LogP contribution in [-0.2, 0) is 9.59 Å². The fourth-order valence-corrected chi connectivity index (χ4v) is 4.13. The molecule has 0 radical (unpaired) electrons. The SMILES string of the molecule is Cc1ccc(Cl)cc1N1CC(C(=O)Nc2ccc(N3CCCC3)cc2)CC1=O. The highest BCUT2D eigenvalue weighted by atomic mass is 35.5. The van der Waals surface area contributed by atoms with E-state index in [0.29, 0.717) is 11.6 Å². The normalized spacial score (nSPS) is 19.4. The molecule has 0 aromatic heterocycles. The lowest BCUT2D eigenvalue weighted by atomic mass is 10.1. The second-order valence-electron chi connectivity index (χ2n) is 7.57. The molecule has 2 aliphatic rings. The number of halogens is 1. The average molecular weight is 398 g/mol. The Labute approximate surface area is 170 Å². The molecule has 0 saturated carbocycles. The third kappa shape index (κ3) is 3.85. The molecule has 6 heteroatoms. The Kier molecular flexibility index (Phi) is 5.27. The first-order valence-electron chi connectivity index (χ1n) is 9.73. The van der Waals surface area contributed by atoms with Crippen molar-refractivity contribution in [2.24, 2.45) is 5.92 Å². The summed E-state index contributed by atoms with van der Waals surface area (Å²) in [7, 11) is 0. The van der Waals surface area contributed by atoms with Crippen molar-refractivity contribution in [3.8, 4) is 0 Å². The van der Waals surface area contributed by atoms with Crippen LogP contribution in [0.2, 0.25) is 5.02 Å². The van der Waals surface area contributed by atoms with Crippen molar-refractivity contribution in [1.29, 1.82) is 0 Å². The summed E-state index contributed by atoms with van der Waals surface area (Å²) in [6.07, 6.45) is 2.68. The molecule has 2 fully saturated rings. The van der Waals surface area contributed by atoms with E-state index in [1.807, 2.05) is 37.3 Å². The van der Waals surface area contributed by atoms with Gasteiger partial charge in [-0.05, 0) is 61.7 Å². The molecule has 2 aliphatic heterocycles. The third-order valence-electron chi connectivity index (χ3n) is 5.56. The number of rotatable bonds is 4. The lowest BCUT2D eigenvalue weighted by Gasteiger charge is -2.20. The van der Waals surface area contributed by atoms with Crippen LogP contribution in [0.4, 0.5) is 17.1 Å². The van der Waals surface area contributed by atoms with E-state index in [4.69, 9.17) is 11.6 Å². The topological polar surface area (TPSA) is 52.7 Å². The number of benzene rings is 2. The summed E-state index contributed by atoms with van der Waals surface area (Å²) in [4.78, 5) is 29.2. The second-order valence-corrected chi connectivity index (χ2v) is 8.00. The van der Waals surface area contributed by atoms with Gasteiger partial charge in [-0.15, -0.1) is 0 Å². The molecular formula is C22H24ClN3O2. The van der Waals surface area contributed by atoms with Crippen LogP contribution in [0.5, 0.6) is 0 Å². The van der Waals surface area contributed by atoms with Crippen LogP contribution in [0, 0.1) is 12.8 Å². The van der Waals surface area contributed by atoms with E-state index >= 15 is 0 Å². The van der Waals surface area contributed by atoms with E-state index < -0.39 is 0 Å². The van der Waals surface area contributed by atoms with E-state index in [2.05, 4.69) is 10.2 Å². The Morgan fingerprint density at radius 2 is 1.82 bits per heavy atom. The number of aryl methyl sites for hydroxylation is 1. The molecule has 5 nitrogen and oxygen atoms in total. The number of carbonyl (C=O) groups excluding carboxylic acids is 2. The Hall–Kier alpha value is -2.53.